The Morgan fingerprint density at radius 3 is 2.75 bits per heavy atom. The Bertz CT molecular complexity index is 383. The first-order valence-electron chi connectivity index (χ1n) is 5.54. The summed E-state index contributed by atoms with van der Waals surface area (Å²) in [7, 11) is 3.52. The predicted octanol–water partition coefficient (Wildman–Crippen LogP) is 0.352. The van der Waals surface area contributed by atoms with Crippen molar-refractivity contribution in [3.8, 4) is 5.88 Å². The molecule has 5 heteroatoms. The van der Waals surface area contributed by atoms with Gasteiger partial charge in [0.15, 0.2) is 0 Å². The third-order valence-corrected chi connectivity index (χ3v) is 3.28. The fourth-order valence-corrected chi connectivity index (χ4v) is 1.96. The van der Waals surface area contributed by atoms with E-state index in [1.165, 1.54) is 0 Å². The van der Waals surface area contributed by atoms with E-state index in [9.17, 15) is 5.11 Å². The van der Waals surface area contributed by atoms with Crippen LogP contribution in [-0.2, 0) is 13.6 Å². The second-order valence-electron chi connectivity index (χ2n) is 4.49. The van der Waals surface area contributed by atoms with Gasteiger partial charge in [-0.05, 0) is 19.8 Å². The van der Waals surface area contributed by atoms with Crippen LogP contribution in [0.15, 0.2) is 0 Å². The van der Waals surface area contributed by atoms with E-state index in [-0.39, 0.29) is 12.1 Å². The van der Waals surface area contributed by atoms with Crippen LogP contribution in [-0.4, -0.2) is 34.1 Å². The van der Waals surface area contributed by atoms with Gasteiger partial charge in [-0.3, -0.25) is 0 Å². The standard InChI is InChI=1S/C11H19N3O2/c1-8-9(10(16-3)14(2)13-8)6-12-11(7-15)4-5-11/h12,15H,4-7H2,1-3H3. The smallest absolute Gasteiger partial charge is 0.216 e. The summed E-state index contributed by atoms with van der Waals surface area (Å²) < 4.78 is 7.06. The molecule has 1 aliphatic carbocycles. The zero-order chi connectivity index (χ0) is 11.8. The number of hydrogen-bond acceptors (Lipinski definition) is 4. The molecule has 1 fully saturated rings. The first kappa shape index (κ1) is 11.4. The van der Waals surface area contributed by atoms with E-state index in [0.717, 1.165) is 30.0 Å². The maximum Gasteiger partial charge on any atom is 0.216 e. The van der Waals surface area contributed by atoms with E-state index < -0.39 is 0 Å². The molecule has 2 rings (SSSR count). The number of aromatic nitrogens is 2. The summed E-state index contributed by atoms with van der Waals surface area (Å²) in [4.78, 5) is 0. The van der Waals surface area contributed by atoms with E-state index in [1.807, 2.05) is 14.0 Å². The second kappa shape index (κ2) is 4.07. The van der Waals surface area contributed by atoms with Crippen LogP contribution in [0.4, 0.5) is 0 Å². The van der Waals surface area contributed by atoms with Crippen molar-refractivity contribution in [1.29, 1.82) is 0 Å². The highest BCUT2D eigenvalue weighted by Crippen LogP contribution is 2.35. The van der Waals surface area contributed by atoms with Gasteiger partial charge in [-0.1, -0.05) is 0 Å². The van der Waals surface area contributed by atoms with Crippen molar-refractivity contribution in [2.24, 2.45) is 7.05 Å². The number of ether oxygens (including phenoxy) is 1. The molecular formula is C11H19N3O2. The van der Waals surface area contributed by atoms with Crippen LogP contribution in [0.3, 0.4) is 0 Å². The van der Waals surface area contributed by atoms with Gasteiger partial charge < -0.3 is 15.2 Å². The van der Waals surface area contributed by atoms with Gasteiger partial charge in [-0.25, -0.2) is 4.68 Å². The van der Waals surface area contributed by atoms with Crippen LogP contribution >= 0.6 is 0 Å². The quantitative estimate of drug-likeness (QED) is 0.759. The molecule has 0 aromatic carbocycles. The van der Waals surface area contributed by atoms with E-state index in [2.05, 4.69) is 10.4 Å². The first-order valence-corrected chi connectivity index (χ1v) is 5.54. The van der Waals surface area contributed by atoms with Crippen molar-refractivity contribution in [1.82, 2.24) is 15.1 Å². The molecule has 0 aliphatic heterocycles. The van der Waals surface area contributed by atoms with Crippen molar-refractivity contribution in [3.63, 3.8) is 0 Å². The molecule has 1 heterocycles. The fraction of sp³-hybridized carbons (Fsp3) is 0.727. The van der Waals surface area contributed by atoms with Crippen LogP contribution in [0, 0.1) is 6.92 Å². The first-order chi connectivity index (χ1) is 7.62. The van der Waals surface area contributed by atoms with Gasteiger partial charge in [0, 0.05) is 19.1 Å². The number of methoxy groups -OCH3 is 1. The third-order valence-electron chi connectivity index (χ3n) is 3.28. The van der Waals surface area contributed by atoms with Crippen molar-refractivity contribution in [2.45, 2.75) is 31.8 Å². The molecule has 0 saturated heterocycles. The number of aryl methyl sites for hydroxylation is 2. The van der Waals surface area contributed by atoms with Crippen LogP contribution in [0.1, 0.15) is 24.1 Å². The van der Waals surface area contributed by atoms with E-state index in [4.69, 9.17) is 4.74 Å². The lowest BCUT2D eigenvalue weighted by molar-refractivity contribution is 0.229. The largest absolute Gasteiger partial charge is 0.481 e. The van der Waals surface area contributed by atoms with Crippen LogP contribution in [0.25, 0.3) is 0 Å². The average molecular weight is 225 g/mol. The lowest BCUT2D eigenvalue weighted by Crippen LogP contribution is -2.34. The highest BCUT2D eigenvalue weighted by atomic mass is 16.5. The molecule has 0 atom stereocenters. The number of rotatable bonds is 5. The fourth-order valence-electron chi connectivity index (χ4n) is 1.96. The highest BCUT2D eigenvalue weighted by Gasteiger charge is 2.41. The summed E-state index contributed by atoms with van der Waals surface area (Å²) in [6.45, 7) is 2.87. The molecule has 0 bridgehead atoms. The third kappa shape index (κ3) is 1.92. The van der Waals surface area contributed by atoms with E-state index >= 15 is 0 Å². The molecule has 1 aliphatic rings. The van der Waals surface area contributed by atoms with Gasteiger partial charge in [-0.2, -0.15) is 5.10 Å². The molecule has 0 unspecified atom stereocenters. The Morgan fingerprint density at radius 2 is 2.25 bits per heavy atom. The summed E-state index contributed by atoms with van der Waals surface area (Å²) in [5, 5.41) is 16.9. The summed E-state index contributed by atoms with van der Waals surface area (Å²) in [6.07, 6.45) is 2.09. The van der Waals surface area contributed by atoms with Crippen LogP contribution in [0.2, 0.25) is 0 Å². The van der Waals surface area contributed by atoms with Crippen molar-refractivity contribution in [2.75, 3.05) is 13.7 Å². The van der Waals surface area contributed by atoms with E-state index in [0.29, 0.717) is 6.54 Å². The normalized spacial score (nSPS) is 17.5. The molecular weight excluding hydrogens is 206 g/mol. The Hall–Kier alpha value is -1.07. The Morgan fingerprint density at radius 1 is 1.56 bits per heavy atom. The average Bonchev–Trinajstić information content (AvgIpc) is 2.98. The van der Waals surface area contributed by atoms with Gasteiger partial charge >= 0.3 is 0 Å². The lowest BCUT2D eigenvalue weighted by atomic mass is 10.2. The molecule has 1 saturated carbocycles. The van der Waals surface area contributed by atoms with Gasteiger partial charge in [0.1, 0.15) is 0 Å². The van der Waals surface area contributed by atoms with Gasteiger partial charge in [-0.15, -0.1) is 0 Å². The Balaban J connectivity index is 2.09. The molecule has 90 valence electrons. The Kier molecular flexibility index (Phi) is 2.90. The topological polar surface area (TPSA) is 59.3 Å². The molecule has 1 aromatic rings. The molecule has 0 radical (unpaired) electrons. The summed E-state index contributed by atoms with van der Waals surface area (Å²) >= 11 is 0. The number of hydrogen-bond donors (Lipinski definition) is 2. The molecule has 0 spiro atoms. The second-order valence-corrected chi connectivity index (χ2v) is 4.49. The minimum absolute atomic E-state index is 0.0483. The SMILES string of the molecule is COc1c(CNC2(CO)CC2)c(C)nn1C. The van der Waals surface area contributed by atoms with Crippen LogP contribution in [0.5, 0.6) is 5.88 Å². The maximum absolute atomic E-state index is 9.22. The van der Waals surface area contributed by atoms with Crippen LogP contribution < -0.4 is 10.1 Å². The van der Waals surface area contributed by atoms with Crippen molar-refractivity contribution >= 4 is 0 Å². The summed E-state index contributed by atoms with van der Waals surface area (Å²) in [5.74, 6) is 0.790. The van der Waals surface area contributed by atoms with Gasteiger partial charge in [0.05, 0.1) is 25.0 Å². The minimum Gasteiger partial charge on any atom is -0.481 e. The molecule has 1 aromatic heterocycles. The summed E-state index contributed by atoms with van der Waals surface area (Å²) in [6, 6.07) is 0. The number of aliphatic hydroxyl groups is 1. The van der Waals surface area contributed by atoms with Crippen molar-refractivity contribution in [3.05, 3.63) is 11.3 Å². The lowest BCUT2D eigenvalue weighted by Gasteiger charge is -2.14. The monoisotopic (exact) mass is 225 g/mol. The minimum atomic E-state index is -0.0483. The van der Waals surface area contributed by atoms with Crippen molar-refractivity contribution < 1.29 is 9.84 Å². The predicted molar refractivity (Wildman–Crippen MR) is 60.4 cm³/mol. The van der Waals surface area contributed by atoms with Gasteiger partial charge in [0.25, 0.3) is 0 Å². The number of nitrogens with zero attached hydrogens (tertiary/aromatic N) is 2. The maximum atomic E-state index is 9.22. The van der Waals surface area contributed by atoms with Gasteiger partial charge in [0.2, 0.25) is 5.88 Å². The summed E-state index contributed by atoms with van der Waals surface area (Å²) in [5.41, 5.74) is 2.00. The molecule has 0 amide bonds. The van der Waals surface area contributed by atoms with E-state index in [1.54, 1.807) is 11.8 Å². The molecule has 2 N–H and O–H groups in total. The Labute approximate surface area is 95.4 Å². The number of aliphatic hydroxyl groups excluding tert-OH is 1. The zero-order valence-corrected chi connectivity index (χ0v) is 10.1. The zero-order valence-electron chi connectivity index (χ0n) is 10.1. The molecule has 5 nitrogen and oxygen atoms in total. The highest BCUT2D eigenvalue weighted by molar-refractivity contribution is 5.31. The molecule has 16 heavy (non-hydrogen) atoms. The number of nitrogens with one attached hydrogen (secondary N) is 1.